The fourth-order valence-corrected chi connectivity index (χ4v) is 2.33. The lowest BCUT2D eigenvalue weighted by Crippen LogP contribution is -2.04. The first-order valence-corrected chi connectivity index (χ1v) is 7.45. The van der Waals surface area contributed by atoms with Gasteiger partial charge in [-0.2, -0.15) is 0 Å². The summed E-state index contributed by atoms with van der Waals surface area (Å²) in [6.07, 6.45) is 4.37. The molecule has 124 valence electrons. The highest BCUT2D eigenvalue weighted by atomic mass is 16.6. The molecule has 0 spiro atoms. The molecule has 0 saturated heterocycles. The number of carbonyl (C=O) groups is 1. The minimum absolute atomic E-state index is 0.243. The van der Waals surface area contributed by atoms with Gasteiger partial charge in [-0.3, -0.25) is 0 Å². The lowest BCUT2D eigenvalue weighted by Gasteiger charge is -2.07. The molecule has 1 aliphatic heterocycles. The number of hydrogen-bond donors (Lipinski definition) is 0. The Bertz CT molecular complexity index is 790. The highest BCUT2D eigenvalue weighted by Crippen LogP contribution is 2.28. The Morgan fingerprint density at radius 1 is 1.17 bits per heavy atom. The molecule has 1 aromatic heterocycles. The van der Waals surface area contributed by atoms with Gasteiger partial charge in [0.05, 0.1) is 20.5 Å². The van der Waals surface area contributed by atoms with Gasteiger partial charge in [0.2, 0.25) is 0 Å². The molecule has 0 amide bonds. The number of carbonyl (C=O) groups excluding carboxylic acids is 1. The van der Waals surface area contributed by atoms with Crippen molar-refractivity contribution in [3.8, 4) is 11.5 Å². The van der Waals surface area contributed by atoms with Gasteiger partial charge < -0.3 is 18.6 Å². The van der Waals surface area contributed by atoms with Crippen molar-refractivity contribution in [1.29, 1.82) is 0 Å². The van der Waals surface area contributed by atoms with Crippen molar-refractivity contribution in [1.82, 2.24) is 0 Å². The third kappa shape index (κ3) is 3.48. The quantitative estimate of drug-likeness (QED) is 0.602. The molecule has 6 nitrogen and oxygen atoms in total. The van der Waals surface area contributed by atoms with Crippen LogP contribution >= 0.6 is 0 Å². The van der Waals surface area contributed by atoms with Gasteiger partial charge in [0.1, 0.15) is 17.3 Å². The maximum Gasteiger partial charge on any atom is 0.363 e. The van der Waals surface area contributed by atoms with Crippen LogP contribution in [0, 0.1) is 0 Å². The predicted molar refractivity (Wildman–Crippen MR) is 88.1 cm³/mol. The number of esters is 1. The van der Waals surface area contributed by atoms with Crippen LogP contribution in [0.3, 0.4) is 0 Å². The van der Waals surface area contributed by atoms with Gasteiger partial charge in [-0.25, -0.2) is 9.79 Å². The van der Waals surface area contributed by atoms with E-state index < -0.39 is 5.97 Å². The molecule has 0 saturated carbocycles. The molecule has 6 heteroatoms. The topological polar surface area (TPSA) is 70.3 Å². The Morgan fingerprint density at radius 3 is 2.75 bits per heavy atom. The number of furan rings is 1. The molecular formula is C18H17NO5. The first kappa shape index (κ1) is 15.9. The summed E-state index contributed by atoms with van der Waals surface area (Å²) in [5.74, 6) is 2.00. The van der Waals surface area contributed by atoms with Crippen LogP contribution in [0.25, 0.3) is 6.08 Å². The number of nitrogens with zero attached hydrogens (tertiary/aromatic N) is 1. The number of methoxy groups -OCH3 is 2. The molecule has 0 bridgehead atoms. The lowest BCUT2D eigenvalue weighted by molar-refractivity contribution is -0.130. The second-order valence-corrected chi connectivity index (χ2v) is 5.11. The zero-order chi connectivity index (χ0) is 16.9. The molecule has 3 rings (SSSR count). The molecular weight excluding hydrogens is 310 g/mol. The number of cyclic esters (lactones) is 1. The Morgan fingerprint density at radius 2 is 2.04 bits per heavy atom. The van der Waals surface area contributed by atoms with E-state index in [1.165, 1.54) is 0 Å². The SMILES string of the molecule is COc1ccc(/C=C2/N=C(CCc3ccco3)OC2=O)c(OC)c1. The zero-order valence-corrected chi connectivity index (χ0v) is 13.4. The van der Waals surface area contributed by atoms with Crippen LogP contribution in [-0.2, 0) is 16.0 Å². The van der Waals surface area contributed by atoms with E-state index in [-0.39, 0.29) is 5.70 Å². The number of benzene rings is 1. The van der Waals surface area contributed by atoms with E-state index in [0.717, 1.165) is 11.3 Å². The number of rotatable bonds is 6. The van der Waals surface area contributed by atoms with Gasteiger partial charge in [0, 0.05) is 24.5 Å². The molecule has 0 unspecified atom stereocenters. The molecule has 2 aromatic rings. The summed E-state index contributed by atoms with van der Waals surface area (Å²) in [5.41, 5.74) is 0.967. The first-order chi connectivity index (χ1) is 11.7. The van der Waals surface area contributed by atoms with Crippen molar-refractivity contribution in [3.05, 3.63) is 53.6 Å². The average Bonchev–Trinajstić information content (AvgIpc) is 3.23. The van der Waals surface area contributed by atoms with Crippen LogP contribution in [0.15, 0.2) is 51.7 Å². The van der Waals surface area contributed by atoms with E-state index in [4.69, 9.17) is 18.6 Å². The minimum Gasteiger partial charge on any atom is -0.497 e. The Labute approximate surface area is 139 Å². The largest absolute Gasteiger partial charge is 0.497 e. The Kier molecular flexibility index (Phi) is 4.65. The summed E-state index contributed by atoms with van der Waals surface area (Å²) >= 11 is 0. The standard InChI is InChI=1S/C18H17NO5/c1-21-14-6-5-12(16(11-14)22-2)10-15-18(20)24-17(19-15)8-7-13-4-3-9-23-13/h3-6,9-11H,7-8H2,1-2H3/b15-10+. The van der Waals surface area contributed by atoms with Crippen molar-refractivity contribution in [2.45, 2.75) is 12.8 Å². The summed E-state index contributed by atoms with van der Waals surface area (Å²) in [5, 5.41) is 0. The summed E-state index contributed by atoms with van der Waals surface area (Å²) < 4.78 is 20.9. The molecule has 0 aliphatic carbocycles. The van der Waals surface area contributed by atoms with E-state index in [1.54, 1.807) is 44.8 Å². The van der Waals surface area contributed by atoms with Crippen molar-refractivity contribution in [3.63, 3.8) is 0 Å². The number of aryl methyl sites for hydroxylation is 1. The highest BCUT2D eigenvalue weighted by molar-refractivity contribution is 6.07. The Hall–Kier alpha value is -3.02. The molecule has 0 fully saturated rings. The Balaban J connectivity index is 1.78. The summed E-state index contributed by atoms with van der Waals surface area (Å²) in [7, 11) is 3.14. The van der Waals surface area contributed by atoms with E-state index >= 15 is 0 Å². The number of hydrogen-bond acceptors (Lipinski definition) is 6. The van der Waals surface area contributed by atoms with Crippen molar-refractivity contribution in [2.24, 2.45) is 4.99 Å². The van der Waals surface area contributed by atoms with E-state index in [2.05, 4.69) is 4.99 Å². The average molecular weight is 327 g/mol. The first-order valence-electron chi connectivity index (χ1n) is 7.45. The summed E-state index contributed by atoms with van der Waals surface area (Å²) in [4.78, 5) is 16.2. The third-order valence-electron chi connectivity index (χ3n) is 3.56. The number of aliphatic imine (C=N–C) groups is 1. The van der Waals surface area contributed by atoms with Crippen molar-refractivity contribution < 1.29 is 23.4 Å². The zero-order valence-electron chi connectivity index (χ0n) is 13.4. The van der Waals surface area contributed by atoms with Crippen LogP contribution in [0.5, 0.6) is 11.5 Å². The van der Waals surface area contributed by atoms with E-state index in [9.17, 15) is 4.79 Å². The maximum absolute atomic E-state index is 12.0. The highest BCUT2D eigenvalue weighted by Gasteiger charge is 2.23. The fraction of sp³-hybridized carbons (Fsp3) is 0.222. The smallest absolute Gasteiger partial charge is 0.363 e. The summed E-state index contributed by atoms with van der Waals surface area (Å²) in [6.45, 7) is 0. The van der Waals surface area contributed by atoms with Crippen LogP contribution < -0.4 is 9.47 Å². The fourth-order valence-electron chi connectivity index (χ4n) is 2.33. The normalized spacial score (nSPS) is 15.3. The van der Waals surface area contributed by atoms with Gasteiger partial charge in [0.25, 0.3) is 0 Å². The van der Waals surface area contributed by atoms with Crippen molar-refractivity contribution >= 4 is 17.9 Å². The molecule has 1 aromatic carbocycles. The monoisotopic (exact) mass is 327 g/mol. The van der Waals surface area contributed by atoms with Gasteiger partial charge in [-0.1, -0.05) is 0 Å². The van der Waals surface area contributed by atoms with Gasteiger partial charge in [-0.15, -0.1) is 0 Å². The van der Waals surface area contributed by atoms with Gasteiger partial charge in [-0.05, 0) is 30.3 Å². The second kappa shape index (κ2) is 7.04. The van der Waals surface area contributed by atoms with Gasteiger partial charge in [0.15, 0.2) is 11.6 Å². The third-order valence-corrected chi connectivity index (χ3v) is 3.56. The van der Waals surface area contributed by atoms with Crippen molar-refractivity contribution in [2.75, 3.05) is 14.2 Å². The van der Waals surface area contributed by atoms with Crippen LogP contribution in [-0.4, -0.2) is 26.1 Å². The molecule has 0 atom stereocenters. The molecule has 24 heavy (non-hydrogen) atoms. The molecule has 0 radical (unpaired) electrons. The molecule has 0 N–H and O–H groups in total. The van der Waals surface area contributed by atoms with E-state index in [1.807, 2.05) is 12.1 Å². The second-order valence-electron chi connectivity index (χ2n) is 5.11. The lowest BCUT2D eigenvalue weighted by atomic mass is 10.1. The summed E-state index contributed by atoms with van der Waals surface area (Å²) in [6, 6.07) is 9.02. The van der Waals surface area contributed by atoms with Crippen LogP contribution in [0.4, 0.5) is 0 Å². The maximum atomic E-state index is 12.0. The van der Waals surface area contributed by atoms with Gasteiger partial charge >= 0.3 is 5.97 Å². The number of ether oxygens (including phenoxy) is 3. The molecule has 1 aliphatic rings. The van der Waals surface area contributed by atoms with Crippen LogP contribution in [0.1, 0.15) is 17.7 Å². The predicted octanol–water partition coefficient (Wildman–Crippen LogP) is 3.23. The minimum atomic E-state index is -0.470. The van der Waals surface area contributed by atoms with E-state index in [0.29, 0.717) is 30.2 Å². The molecule has 2 heterocycles. The van der Waals surface area contributed by atoms with Crippen LogP contribution in [0.2, 0.25) is 0 Å².